The molecular weight excluding hydrogens is 438 g/mol. The van der Waals surface area contributed by atoms with Crippen LogP contribution in [-0.2, 0) is 31.0 Å². The smallest absolute Gasteiger partial charge is 0.407 e. The number of sulfonamides is 1. The number of fused-ring (bicyclic) bond motifs is 1. The number of benzene rings is 1. The van der Waals surface area contributed by atoms with Crippen LogP contribution in [0.5, 0.6) is 0 Å². The van der Waals surface area contributed by atoms with E-state index in [4.69, 9.17) is 9.47 Å². The van der Waals surface area contributed by atoms with Crippen molar-refractivity contribution in [1.82, 2.24) is 14.2 Å². The summed E-state index contributed by atoms with van der Waals surface area (Å²) in [5.74, 6) is -0.531. The van der Waals surface area contributed by atoms with Crippen LogP contribution in [0.4, 0.5) is 4.79 Å². The van der Waals surface area contributed by atoms with Crippen LogP contribution in [0.25, 0.3) is 10.8 Å². The van der Waals surface area contributed by atoms with E-state index in [0.29, 0.717) is 6.42 Å². The Morgan fingerprint density at radius 3 is 2.56 bits per heavy atom. The third kappa shape index (κ3) is 5.28. The lowest BCUT2D eigenvalue weighted by Crippen LogP contribution is -2.41. The molecule has 10 nitrogen and oxygen atoms in total. The Hall–Kier alpha value is -2.92. The minimum Gasteiger partial charge on any atom is -0.444 e. The van der Waals surface area contributed by atoms with Crippen LogP contribution in [0, 0.1) is 0 Å². The zero-order chi connectivity index (χ0) is 23.7. The fourth-order valence-electron chi connectivity index (χ4n) is 3.45. The fourth-order valence-corrected chi connectivity index (χ4v) is 5.16. The highest BCUT2D eigenvalue weighted by molar-refractivity contribution is 7.89. The molecule has 0 saturated carbocycles. The van der Waals surface area contributed by atoms with Crippen LogP contribution in [0.2, 0.25) is 0 Å². The summed E-state index contributed by atoms with van der Waals surface area (Å²) in [6.45, 7) is 6.54. The molecule has 1 unspecified atom stereocenters. The monoisotopic (exact) mass is 465 g/mol. The normalized spacial score (nSPS) is 17.3. The van der Waals surface area contributed by atoms with Crippen molar-refractivity contribution in [1.29, 1.82) is 0 Å². The molecule has 3 rings (SSSR count). The maximum atomic E-state index is 13.3. The first kappa shape index (κ1) is 23.7. The highest BCUT2D eigenvalue weighted by Gasteiger charge is 2.35. The molecule has 1 aliphatic rings. The maximum Gasteiger partial charge on any atom is 0.407 e. The quantitative estimate of drug-likeness (QED) is 0.668. The van der Waals surface area contributed by atoms with Crippen molar-refractivity contribution in [3.8, 4) is 0 Å². The van der Waals surface area contributed by atoms with Gasteiger partial charge in [0.25, 0.3) is 5.56 Å². The number of hydrogen-bond donors (Lipinski definition) is 1. The Bertz CT molecular complexity index is 1200. The lowest BCUT2D eigenvalue weighted by Gasteiger charge is -2.22. The van der Waals surface area contributed by atoms with Gasteiger partial charge in [0, 0.05) is 43.0 Å². The van der Waals surface area contributed by atoms with Crippen LogP contribution >= 0.6 is 0 Å². The van der Waals surface area contributed by atoms with Crippen molar-refractivity contribution < 1.29 is 27.5 Å². The van der Waals surface area contributed by atoms with Gasteiger partial charge < -0.3 is 14.8 Å². The van der Waals surface area contributed by atoms with Gasteiger partial charge in [-0.25, -0.2) is 13.2 Å². The Kier molecular flexibility index (Phi) is 6.61. The molecular formula is C21H27N3O7S. The molecule has 1 atom stereocenters. The van der Waals surface area contributed by atoms with E-state index in [2.05, 4.69) is 5.32 Å². The Morgan fingerprint density at radius 1 is 1.19 bits per heavy atom. The minimum atomic E-state index is -3.92. The number of carbonyl (C=O) groups is 2. The second-order valence-corrected chi connectivity index (χ2v) is 10.5. The number of esters is 1. The number of ether oxygens (including phenoxy) is 2. The minimum absolute atomic E-state index is 0.00431. The Morgan fingerprint density at radius 2 is 1.91 bits per heavy atom. The van der Waals surface area contributed by atoms with Gasteiger partial charge in [-0.3, -0.25) is 14.2 Å². The van der Waals surface area contributed by atoms with E-state index in [0.717, 1.165) is 0 Å². The number of amides is 1. The van der Waals surface area contributed by atoms with Gasteiger partial charge in [-0.2, -0.15) is 4.31 Å². The molecule has 1 fully saturated rings. The van der Waals surface area contributed by atoms with E-state index < -0.39 is 33.2 Å². The molecule has 1 aromatic carbocycles. The first-order chi connectivity index (χ1) is 14.9. The lowest BCUT2D eigenvalue weighted by atomic mass is 10.2. The van der Waals surface area contributed by atoms with Gasteiger partial charge in [-0.1, -0.05) is 6.07 Å². The van der Waals surface area contributed by atoms with Gasteiger partial charge >= 0.3 is 12.1 Å². The third-order valence-corrected chi connectivity index (χ3v) is 6.80. The van der Waals surface area contributed by atoms with Gasteiger partial charge in [-0.05, 0) is 45.4 Å². The molecule has 174 valence electrons. The molecule has 1 amide bonds. The van der Waals surface area contributed by atoms with E-state index in [1.54, 1.807) is 20.8 Å². The van der Waals surface area contributed by atoms with Crippen molar-refractivity contribution in [3.63, 3.8) is 0 Å². The molecule has 0 aliphatic carbocycles. The van der Waals surface area contributed by atoms with E-state index in [-0.39, 0.29) is 41.5 Å². The summed E-state index contributed by atoms with van der Waals surface area (Å²) in [5.41, 5.74) is -1.12. The summed E-state index contributed by atoms with van der Waals surface area (Å²) in [4.78, 5) is 35.8. The van der Waals surface area contributed by atoms with Gasteiger partial charge in [0.05, 0.1) is 4.90 Å². The van der Waals surface area contributed by atoms with E-state index >= 15 is 0 Å². The van der Waals surface area contributed by atoms with Gasteiger partial charge in [-0.15, -0.1) is 0 Å². The number of hydrogen-bond acceptors (Lipinski definition) is 7. The molecule has 11 heteroatoms. The fraction of sp³-hybridized carbons (Fsp3) is 0.476. The highest BCUT2D eigenvalue weighted by Crippen LogP contribution is 2.27. The second-order valence-electron chi connectivity index (χ2n) is 8.57. The highest BCUT2D eigenvalue weighted by atomic mass is 32.2. The molecule has 0 spiro atoms. The SMILES string of the molecule is CC(=O)OCn1ccc2c(S(=O)(=O)N3CCC(NC(=O)OC(C)(C)C)C3)cccc2c1=O. The molecule has 32 heavy (non-hydrogen) atoms. The topological polar surface area (TPSA) is 124 Å². The van der Waals surface area contributed by atoms with E-state index in [1.807, 2.05) is 0 Å². The van der Waals surface area contributed by atoms with Crippen molar-refractivity contribution in [2.75, 3.05) is 13.1 Å². The molecule has 0 bridgehead atoms. The van der Waals surface area contributed by atoms with Crippen LogP contribution in [0.1, 0.15) is 34.1 Å². The summed E-state index contributed by atoms with van der Waals surface area (Å²) in [6.07, 6.45) is 1.24. The van der Waals surface area contributed by atoms with E-state index in [9.17, 15) is 22.8 Å². The molecule has 0 radical (unpaired) electrons. The van der Waals surface area contributed by atoms with Crippen molar-refractivity contribution in [2.45, 2.75) is 57.4 Å². The number of nitrogens with one attached hydrogen (secondary N) is 1. The molecule has 1 saturated heterocycles. The number of nitrogens with zero attached hydrogens (tertiary/aromatic N) is 2. The number of pyridine rings is 1. The second kappa shape index (κ2) is 8.91. The Balaban J connectivity index is 1.83. The molecule has 1 aliphatic heterocycles. The van der Waals surface area contributed by atoms with E-state index in [1.165, 1.54) is 46.3 Å². The molecule has 1 aromatic heterocycles. The van der Waals surface area contributed by atoms with Crippen LogP contribution < -0.4 is 10.9 Å². The molecule has 2 aromatic rings. The lowest BCUT2D eigenvalue weighted by molar-refractivity contribution is -0.144. The standard InChI is InChI=1S/C21H27N3O7S/c1-14(25)30-13-23-10-9-16-17(19(23)26)6-5-7-18(16)32(28,29)24-11-8-15(12-24)22-20(27)31-21(2,3)4/h5-7,9-10,15H,8,11-13H2,1-4H3,(H,22,27). The third-order valence-electron chi connectivity index (χ3n) is 4.88. The summed E-state index contributed by atoms with van der Waals surface area (Å²) in [6, 6.07) is 5.61. The van der Waals surface area contributed by atoms with Crippen molar-refractivity contribution in [2.24, 2.45) is 0 Å². The van der Waals surface area contributed by atoms with Crippen molar-refractivity contribution in [3.05, 3.63) is 40.8 Å². The average molecular weight is 466 g/mol. The number of carbonyl (C=O) groups excluding carboxylic acids is 2. The van der Waals surface area contributed by atoms with Gasteiger partial charge in [0.1, 0.15) is 5.60 Å². The Labute approximate surface area is 186 Å². The predicted octanol–water partition coefficient (Wildman–Crippen LogP) is 1.81. The van der Waals surface area contributed by atoms with Crippen molar-refractivity contribution >= 4 is 32.9 Å². The average Bonchev–Trinajstić information content (AvgIpc) is 3.14. The molecule has 2 heterocycles. The van der Waals surface area contributed by atoms with Crippen LogP contribution in [0.3, 0.4) is 0 Å². The molecule has 1 N–H and O–H groups in total. The van der Waals surface area contributed by atoms with Gasteiger partial charge in [0.15, 0.2) is 6.73 Å². The van der Waals surface area contributed by atoms with Crippen LogP contribution in [-0.4, -0.2) is 54.1 Å². The zero-order valence-corrected chi connectivity index (χ0v) is 19.3. The number of alkyl carbamates (subject to hydrolysis) is 1. The predicted molar refractivity (Wildman–Crippen MR) is 117 cm³/mol. The maximum absolute atomic E-state index is 13.3. The van der Waals surface area contributed by atoms with Crippen LogP contribution in [0.15, 0.2) is 40.2 Å². The summed E-state index contributed by atoms with van der Waals surface area (Å²) in [7, 11) is -3.92. The summed E-state index contributed by atoms with van der Waals surface area (Å²) < 4.78 is 39.2. The zero-order valence-electron chi connectivity index (χ0n) is 18.5. The largest absolute Gasteiger partial charge is 0.444 e. The summed E-state index contributed by atoms with van der Waals surface area (Å²) >= 11 is 0. The number of rotatable bonds is 5. The number of aromatic nitrogens is 1. The first-order valence-electron chi connectivity index (χ1n) is 10.1. The van der Waals surface area contributed by atoms with Gasteiger partial charge in [0.2, 0.25) is 10.0 Å². The summed E-state index contributed by atoms with van der Waals surface area (Å²) in [5, 5.41) is 3.18. The first-order valence-corrected chi connectivity index (χ1v) is 11.6.